The van der Waals surface area contributed by atoms with Gasteiger partial charge in [0.15, 0.2) is 4.90 Å². The van der Waals surface area contributed by atoms with Crippen LogP contribution in [0, 0.1) is 29.6 Å². The van der Waals surface area contributed by atoms with Gasteiger partial charge in [-0.2, -0.15) is 15.5 Å². The first-order chi connectivity index (χ1) is 19.7. The zero-order chi connectivity index (χ0) is 29.7. The molecule has 0 bridgehead atoms. The monoisotopic (exact) mass is 566 g/mol. The van der Waals surface area contributed by atoms with Gasteiger partial charge in [0, 0.05) is 6.42 Å². The van der Waals surface area contributed by atoms with E-state index in [1.165, 1.54) is 16.7 Å². The molecule has 1 atom stereocenters. The van der Waals surface area contributed by atoms with E-state index in [0.29, 0.717) is 41.5 Å². The van der Waals surface area contributed by atoms with Crippen molar-refractivity contribution >= 4 is 9.84 Å². The molecular weight excluding hydrogens is 536 g/mol. The minimum Gasteiger partial charge on any atom is -0.492 e. The smallest absolute Gasteiger partial charge is 0.277 e. The van der Waals surface area contributed by atoms with Crippen molar-refractivity contribution in [2.24, 2.45) is 0 Å². The van der Waals surface area contributed by atoms with E-state index < -0.39 is 32.2 Å². The van der Waals surface area contributed by atoms with Crippen LogP contribution in [0.3, 0.4) is 0 Å². The third kappa shape index (κ3) is 5.77. The molecule has 0 spiro atoms. The Bertz CT molecular complexity index is 1850. The predicted molar refractivity (Wildman–Crippen MR) is 155 cm³/mol. The Morgan fingerprint density at radius 3 is 2.29 bits per heavy atom. The van der Waals surface area contributed by atoms with Gasteiger partial charge in [-0.15, -0.1) is 0 Å². The maximum Gasteiger partial charge on any atom is 0.277 e. The lowest BCUT2D eigenvalue weighted by Gasteiger charge is -2.23. The average Bonchev–Trinajstić information content (AvgIpc) is 2.98. The first-order valence-electron chi connectivity index (χ1n) is 13.4. The van der Waals surface area contributed by atoms with Gasteiger partial charge in [0.2, 0.25) is 15.7 Å². The number of benzene rings is 3. The molecule has 1 unspecified atom stereocenters. The molecule has 1 heterocycles. The molecule has 4 rings (SSSR count). The second-order valence-corrected chi connectivity index (χ2v) is 11.7. The van der Waals surface area contributed by atoms with E-state index in [2.05, 4.69) is 17.1 Å². The summed E-state index contributed by atoms with van der Waals surface area (Å²) in [6, 6.07) is 21.7. The van der Waals surface area contributed by atoms with Crippen LogP contribution in [0.5, 0.6) is 5.88 Å². The summed E-state index contributed by atoms with van der Waals surface area (Å²) in [5.74, 6) is -0.551. The summed E-state index contributed by atoms with van der Waals surface area (Å²) in [5.41, 5.74) is 3.10. The Labute approximate surface area is 239 Å². The Balaban J connectivity index is 1.87. The van der Waals surface area contributed by atoms with Crippen molar-refractivity contribution in [3.05, 3.63) is 105 Å². The number of nitrogens with zero attached hydrogens (tertiary/aromatic N) is 4. The first-order valence-corrected chi connectivity index (χ1v) is 14.8. The zero-order valence-corrected chi connectivity index (χ0v) is 23.9. The molecule has 0 aliphatic heterocycles. The number of aromatic nitrogens is 2. The zero-order valence-electron chi connectivity index (χ0n) is 23.1. The molecule has 0 aliphatic carbocycles. The summed E-state index contributed by atoms with van der Waals surface area (Å²) in [6.45, 7) is 5.74. The summed E-state index contributed by atoms with van der Waals surface area (Å²) in [4.78, 5) is 17.3. The number of unbranched alkanes of at least 4 members (excludes halogenated alkanes) is 1. The maximum atomic E-state index is 14.0. The molecule has 8 nitrogen and oxygen atoms in total. The number of hydrogen-bond acceptors (Lipinski definition) is 7. The third-order valence-corrected chi connectivity index (χ3v) is 8.88. The van der Waals surface area contributed by atoms with Gasteiger partial charge in [0.1, 0.15) is 5.82 Å². The number of hydrogen-bond donors (Lipinski definition) is 1. The van der Waals surface area contributed by atoms with Crippen LogP contribution in [0.4, 0.5) is 0 Å². The highest BCUT2D eigenvalue weighted by Crippen LogP contribution is 2.31. The van der Waals surface area contributed by atoms with Crippen molar-refractivity contribution in [1.29, 1.82) is 10.5 Å². The van der Waals surface area contributed by atoms with Crippen molar-refractivity contribution in [1.82, 2.24) is 9.55 Å². The van der Waals surface area contributed by atoms with E-state index in [-0.39, 0.29) is 10.7 Å². The highest BCUT2D eigenvalue weighted by molar-refractivity contribution is 7.91. The number of rotatable bonds is 9. The number of sulfone groups is 1. The first kappa shape index (κ1) is 29.3. The molecule has 9 heteroatoms. The van der Waals surface area contributed by atoms with Gasteiger partial charge in [-0.05, 0) is 78.4 Å². The molecule has 0 saturated heterocycles. The minimum absolute atomic E-state index is 0.170. The highest BCUT2D eigenvalue weighted by atomic mass is 32.2. The SMILES string of the molecule is CCCCc1nc(O)c(S(=O)(=O)c2ccc(-c3cc(C#N)ccc3C)cc2)c(=O)n1C(CC)c1cccc(C#N)c1. The Morgan fingerprint density at radius 2 is 1.66 bits per heavy atom. The van der Waals surface area contributed by atoms with E-state index in [1.807, 2.05) is 26.8 Å². The van der Waals surface area contributed by atoms with Gasteiger partial charge in [0.05, 0.1) is 34.2 Å². The van der Waals surface area contributed by atoms with Crippen LogP contribution in [0.1, 0.15) is 67.2 Å². The molecule has 41 heavy (non-hydrogen) atoms. The lowest BCUT2D eigenvalue weighted by Crippen LogP contribution is -2.33. The van der Waals surface area contributed by atoms with Gasteiger partial charge in [-0.1, -0.05) is 50.6 Å². The lowest BCUT2D eigenvalue weighted by atomic mass is 9.98. The second kappa shape index (κ2) is 12.2. The van der Waals surface area contributed by atoms with Crippen molar-refractivity contribution in [2.45, 2.75) is 62.3 Å². The van der Waals surface area contributed by atoms with Crippen LogP contribution in [0.15, 0.2) is 81.3 Å². The molecule has 4 aromatic rings. The summed E-state index contributed by atoms with van der Waals surface area (Å²) in [7, 11) is -4.47. The van der Waals surface area contributed by atoms with E-state index in [0.717, 1.165) is 17.5 Å². The van der Waals surface area contributed by atoms with Crippen molar-refractivity contribution < 1.29 is 13.5 Å². The lowest BCUT2D eigenvalue weighted by molar-refractivity contribution is 0.406. The number of aromatic hydroxyl groups is 1. The molecule has 208 valence electrons. The number of nitriles is 2. The fraction of sp³-hybridized carbons (Fsp3) is 0.250. The Kier molecular flexibility index (Phi) is 8.71. The van der Waals surface area contributed by atoms with Gasteiger partial charge in [-0.25, -0.2) is 8.42 Å². The van der Waals surface area contributed by atoms with E-state index in [1.54, 1.807) is 48.5 Å². The third-order valence-electron chi connectivity index (χ3n) is 7.09. The van der Waals surface area contributed by atoms with Crippen molar-refractivity contribution in [3.63, 3.8) is 0 Å². The standard InChI is InChI=1S/C32H30N4O4S/c1-4-6-10-29-35-31(37)30(32(38)36(29)28(5-2)25-9-7-8-22(17-25)19-33)41(39,40)26-15-13-24(14-16-26)27-18-23(20-34)12-11-21(27)3/h7-9,11-18,28,37H,4-6,10H2,1-3H3. The fourth-order valence-corrected chi connectivity index (χ4v) is 6.28. The molecule has 0 amide bonds. The molecule has 0 radical (unpaired) electrons. The van der Waals surface area contributed by atoms with Crippen LogP contribution in [-0.4, -0.2) is 23.1 Å². The summed E-state index contributed by atoms with van der Waals surface area (Å²) in [5, 5.41) is 29.5. The molecule has 1 aromatic heterocycles. The number of aryl methyl sites for hydroxylation is 2. The van der Waals surface area contributed by atoms with Crippen LogP contribution in [0.25, 0.3) is 11.1 Å². The normalized spacial score (nSPS) is 11.9. The maximum absolute atomic E-state index is 14.0. The van der Waals surface area contributed by atoms with E-state index in [9.17, 15) is 28.8 Å². The van der Waals surface area contributed by atoms with Crippen LogP contribution < -0.4 is 5.56 Å². The molecule has 3 aromatic carbocycles. The van der Waals surface area contributed by atoms with E-state index >= 15 is 0 Å². The largest absolute Gasteiger partial charge is 0.492 e. The van der Waals surface area contributed by atoms with Gasteiger partial charge in [0.25, 0.3) is 5.56 Å². The highest BCUT2D eigenvalue weighted by Gasteiger charge is 2.31. The van der Waals surface area contributed by atoms with Crippen LogP contribution >= 0.6 is 0 Å². The molecule has 0 saturated carbocycles. The quantitative estimate of drug-likeness (QED) is 0.269. The Morgan fingerprint density at radius 1 is 0.976 bits per heavy atom. The topological polar surface area (TPSA) is 137 Å². The van der Waals surface area contributed by atoms with Gasteiger partial charge < -0.3 is 5.11 Å². The van der Waals surface area contributed by atoms with E-state index in [4.69, 9.17) is 0 Å². The van der Waals surface area contributed by atoms with Gasteiger partial charge in [-0.3, -0.25) is 9.36 Å². The van der Waals surface area contributed by atoms with Crippen molar-refractivity contribution in [2.75, 3.05) is 0 Å². The molecular formula is C32H30N4O4S. The van der Waals surface area contributed by atoms with Crippen molar-refractivity contribution in [3.8, 4) is 29.1 Å². The fourth-order valence-electron chi connectivity index (χ4n) is 4.93. The average molecular weight is 567 g/mol. The summed E-state index contributed by atoms with van der Waals surface area (Å²) in [6.07, 6.45) is 2.28. The van der Waals surface area contributed by atoms with Crippen LogP contribution in [0.2, 0.25) is 0 Å². The van der Waals surface area contributed by atoms with Crippen LogP contribution in [-0.2, 0) is 16.3 Å². The second-order valence-electron chi connectivity index (χ2n) is 9.79. The summed E-state index contributed by atoms with van der Waals surface area (Å²) >= 11 is 0. The molecule has 0 aliphatic rings. The Hall–Kier alpha value is -4.73. The molecule has 1 N–H and O–H groups in total. The molecule has 0 fully saturated rings. The minimum atomic E-state index is -4.47. The summed E-state index contributed by atoms with van der Waals surface area (Å²) < 4.78 is 29.0. The van der Waals surface area contributed by atoms with Gasteiger partial charge >= 0.3 is 0 Å². The predicted octanol–water partition coefficient (Wildman–Crippen LogP) is 5.84.